The maximum absolute atomic E-state index is 9.62. The van der Waals surface area contributed by atoms with Gasteiger partial charge in [0.05, 0.1) is 0 Å². The molecule has 0 saturated heterocycles. The summed E-state index contributed by atoms with van der Waals surface area (Å²) in [5.74, 6) is -2.79. The molecule has 134 valence electrons. The van der Waals surface area contributed by atoms with Gasteiger partial charge in [-0.3, -0.25) is 9.35 Å². The maximum Gasteiger partial charge on any atom is 1.00 e. The molecule has 0 bridgehead atoms. The maximum atomic E-state index is 9.62. The van der Waals surface area contributed by atoms with E-state index in [1.165, 1.54) is 70.6 Å². The quantitative estimate of drug-likeness (QED) is 0.225. The van der Waals surface area contributed by atoms with Crippen molar-refractivity contribution in [3.8, 4) is 0 Å². The largest absolute Gasteiger partial charge is 1.00 e. The molecule has 23 heavy (non-hydrogen) atoms. The minimum atomic E-state index is -4.32. The summed E-state index contributed by atoms with van der Waals surface area (Å²) < 4.78 is 27.0. The number of rotatable bonds is 13. The van der Waals surface area contributed by atoms with Crippen molar-refractivity contribution in [1.82, 2.24) is 0 Å². The van der Waals surface area contributed by atoms with E-state index in [9.17, 15) is 13.2 Å². The van der Waals surface area contributed by atoms with E-state index >= 15 is 0 Å². The fourth-order valence-corrected chi connectivity index (χ4v) is 2.31. The second kappa shape index (κ2) is 20.4. The average Bonchev–Trinajstić information content (AvgIpc) is 2.39. The number of carboxylic acid groups (broad SMARTS) is 1. The van der Waals surface area contributed by atoms with Crippen LogP contribution in [0.1, 0.15) is 84.0 Å². The van der Waals surface area contributed by atoms with E-state index in [0.29, 0.717) is 0 Å². The molecular formula is C16H33NaO5S. The standard InChI is InChI=1S/C14H29.C2H4O5S.Na/c1-3-5-7-9-11-13-14-12-10-8-6-4-2;3-2(4)1-8(5,6)7;/h1,3-14H2,2H3;1H2,(H,3,4)(H,5,6,7);/q-1;;+1. The topological polar surface area (TPSA) is 91.7 Å². The smallest absolute Gasteiger partial charge is 0.480 e. The van der Waals surface area contributed by atoms with Crippen molar-refractivity contribution < 1.29 is 52.4 Å². The number of carbonyl (C=O) groups is 1. The third kappa shape index (κ3) is 34.6. The first kappa shape index (κ1) is 28.2. The van der Waals surface area contributed by atoms with Gasteiger partial charge in [0.2, 0.25) is 0 Å². The van der Waals surface area contributed by atoms with Gasteiger partial charge in [-0.15, -0.1) is 0 Å². The molecule has 0 aromatic rings. The van der Waals surface area contributed by atoms with Crippen LogP contribution in [-0.4, -0.2) is 29.8 Å². The Bertz CT molecular complexity index is 332. The zero-order chi connectivity index (χ0) is 17.3. The summed E-state index contributed by atoms with van der Waals surface area (Å²) >= 11 is 0. The van der Waals surface area contributed by atoms with E-state index in [4.69, 9.17) is 9.66 Å². The molecule has 2 N–H and O–H groups in total. The molecular weight excluding hydrogens is 327 g/mol. The molecule has 0 aliphatic heterocycles. The molecule has 0 rings (SSSR count). The second-order valence-corrected chi connectivity index (χ2v) is 6.96. The van der Waals surface area contributed by atoms with Crippen LogP contribution >= 0.6 is 0 Å². The Hall–Kier alpha value is 0.380. The molecule has 7 heteroatoms. The minimum absolute atomic E-state index is 0. The van der Waals surface area contributed by atoms with Crippen LogP contribution in [0.15, 0.2) is 0 Å². The molecule has 0 amide bonds. The molecule has 0 unspecified atom stereocenters. The van der Waals surface area contributed by atoms with Gasteiger partial charge in [0.15, 0.2) is 5.75 Å². The Morgan fingerprint density at radius 2 is 1.22 bits per heavy atom. The summed E-state index contributed by atoms with van der Waals surface area (Å²) in [6.07, 6.45) is 16.9. The molecule has 0 aromatic carbocycles. The van der Waals surface area contributed by atoms with Crippen LogP contribution in [0.4, 0.5) is 0 Å². The van der Waals surface area contributed by atoms with Crippen LogP contribution in [0.3, 0.4) is 0 Å². The fourth-order valence-electron chi connectivity index (χ4n) is 2.00. The number of hydrogen-bond donors (Lipinski definition) is 2. The van der Waals surface area contributed by atoms with E-state index in [1.54, 1.807) is 0 Å². The molecule has 0 heterocycles. The SMILES string of the molecule is O=C(O)CS(=O)(=O)O.[CH2-]CCCCCCCCCCCCC.[Na+]. The van der Waals surface area contributed by atoms with Gasteiger partial charge in [-0.1, -0.05) is 77.6 Å². The number of unbranched alkanes of at least 4 members (excludes halogenated alkanes) is 11. The first-order valence-corrected chi connectivity index (χ1v) is 9.90. The Labute approximate surface area is 164 Å². The third-order valence-corrected chi connectivity index (χ3v) is 3.77. The Morgan fingerprint density at radius 3 is 1.43 bits per heavy atom. The van der Waals surface area contributed by atoms with Crippen LogP contribution < -0.4 is 29.6 Å². The number of hydrogen-bond acceptors (Lipinski definition) is 3. The monoisotopic (exact) mass is 360 g/mol. The van der Waals surface area contributed by atoms with Crippen molar-refractivity contribution in [2.75, 3.05) is 5.75 Å². The molecule has 0 fully saturated rings. The first-order chi connectivity index (χ1) is 10.3. The van der Waals surface area contributed by atoms with Crippen molar-refractivity contribution in [3.05, 3.63) is 6.92 Å². The van der Waals surface area contributed by atoms with Crippen molar-refractivity contribution in [2.45, 2.75) is 84.0 Å². The van der Waals surface area contributed by atoms with Crippen LogP contribution in [0, 0.1) is 6.92 Å². The van der Waals surface area contributed by atoms with E-state index in [1.807, 2.05) is 0 Å². The molecule has 0 saturated carbocycles. The zero-order valence-corrected chi connectivity index (χ0v) is 17.7. The summed E-state index contributed by atoms with van der Waals surface area (Å²) in [5.41, 5.74) is 0. The van der Waals surface area contributed by atoms with Gasteiger partial charge in [0, 0.05) is 0 Å². The zero-order valence-electron chi connectivity index (χ0n) is 14.9. The number of carboxylic acids is 1. The van der Waals surface area contributed by atoms with Gasteiger partial charge in [0.1, 0.15) is 0 Å². The Balaban J connectivity index is -0.000000382. The summed E-state index contributed by atoms with van der Waals surface area (Å²) in [4.78, 5) is 9.48. The molecule has 0 aromatic heterocycles. The molecule has 5 nitrogen and oxygen atoms in total. The van der Waals surface area contributed by atoms with Gasteiger partial charge in [-0.25, -0.2) is 0 Å². The average molecular weight is 360 g/mol. The van der Waals surface area contributed by atoms with E-state index in [2.05, 4.69) is 13.8 Å². The molecule has 0 aliphatic carbocycles. The first-order valence-electron chi connectivity index (χ1n) is 8.29. The van der Waals surface area contributed by atoms with Crippen LogP contribution in [0.25, 0.3) is 0 Å². The molecule has 0 radical (unpaired) electrons. The van der Waals surface area contributed by atoms with Crippen LogP contribution in [0.2, 0.25) is 0 Å². The van der Waals surface area contributed by atoms with Crippen molar-refractivity contribution in [1.29, 1.82) is 0 Å². The van der Waals surface area contributed by atoms with E-state index < -0.39 is 21.8 Å². The van der Waals surface area contributed by atoms with Gasteiger partial charge < -0.3 is 12.0 Å². The van der Waals surface area contributed by atoms with E-state index in [0.717, 1.165) is 6.42 Å². The van der Waals surface area contributed by atoms with E-state index in [-0.39, 0.29) is 29.6 Å². The van der Waals surface area contributed by atoms with Gasteiger partial charge in [0.25, 0.3) is 10.1 Å². The summed E-state index contributed by atoms with van der Waals surface area (Å²) in [5, 5.41) is 7.71. The summed E-state index contributed by atoms with van der Waals surface area (Å²) in [6, 6.07) is 0. The summed E-state index contributed by atoms with van der Waals surface area (Å²) in [7, 11) is -4.32. The Kier molecular flexibility index (Phi) is 25.0. The van der Waals surface area contributed by atoms with Gasteiger partial charge >= 0.3 is 35.5 Å². The minimum Gasteiger partial charge on any atom is -0.480 e. The fraction of sp³-hybridized carbons (Fsp3) is 0.875. The second-order valence-electron chi connectivity index (χ2n) is 5.51. The summed E-state index contributed by atoms with van der Waals surface area (Å²) in [6.45, 7) is 6.14. The molecule has 0 atom stereocenters. The van der Waals surface area contributed by atoms with Gasteiger partial charge in [-0.05, 0) is 0 Å². The predicted octanol–water partition coefficient (Wildman–Crippen LogP) is 1.48. The Morgan fingerprint density at radius 1 is 0.870 bits per heavy atom. The van der Waals surface area contributed by atoms with Gasteiger partial charge in [-0.2, -0.15) is 14.8 Å². The third-order valence-electron chi connectivity index (χ3n) is 3.16. The van der Waals surface area contributed by atoms with Crippen molar-refractivity contribution >= 4 is 16.1 Å². The number of aliphatic carboxylic acids is 1. The normalized spacial score (nSPS) is 10.4. The molecule has 0 spiro atoms. The van der Waals surface area contributed by atoms with Crippen LogP contribution in [0.5, 0.6) is 0 Å². The molecule has 0 aliphatic rings. The van der Waals surface area contributed by atoms with Crippen LogP contribution in [-0.2, 0) is 14.9 Å². The predicted molar refractivity (Wildman–Crippen MR) is 90.5 cm³/mol. The van der Waals surface area contributed by atoms with Crippen molar-refractivity contribution in [2.24, 2.45) is 0 Å². The van der Waals surface area contributed by atoms with Crippen molar-refractivity contribution in [3.63, 3.8) is 0 Å².